The average Bonchev–Trinajstić information content (AvgIpc) is 3.04. The maximum atomic E-state index is 9.29. The van der Waals surface area contributed by atoms with E-state index >= 15 is 0 Å². The Morgan fingerprint density at radius 2 is 1.10 bits per heavy atom. The minimum absolute atomic E-state index is 0.0169. The van der Waals surface area contributed by atoms with E-state index in [-0.39, 0.29) is 5.41 Å². The standard InChI is InChI=1S/C29H36N2/c1-3-5-7-9-17-29(18-10-8-6-4-2)27-21-23(15-19-30)11-13-25(27)26-14-12-24(16-20-31)22-28(26)29/h11-14,21-22H,3-10,15-18H2,1-2H3. The van der Waals surface area contributed by atoms with Crippen molar-refractivity contribution < 1.29 is 0 Å². The Labute approximate surface area is 188 Å². The largest absolute Gasteiger partial charge is 0.198 e. The van der Waals surface area contributed by atoms with Gasteiger partial charge in [0.2, 0.25) is 0 Å². The quantitative estimate of drug-likeness (QED) is 0.331. The molecule has 0 bridgehead atoms. The third-order valence-corrected chi connectivity index (χ3v) is 6.97. The molecule has 3 rings (SSSR count). The molecule has 1 aliphatic rings. The van der Waals surface area contributed by atoms with Crippen molar-refractivity contribution >= 4 is 0 Å². The third-order valence-electron chi connectivity index (χ3n) is 6.97. The zero-order chi connectivity index (χ0) is 22.1. The molecule has 0 atom stereocenters. The topological polar surface area (TPSA) is 47.6 Å². The number of nitriles is 2. The van der Waals surface area contributed by atoms with Crippen LogP contribution in [-0.2, 0) is 18.3 Å². The van der Waals surface area contributed by atoms with Crippen LogP contribution in [-0.4, -0.2) is 0 Å². The van der Waals surface area contributed by atoms with Crippen LogP contribution in [0.25, 0.3) is 11.1 Å². The van der Waals surface area contributed by atoms with Crippen molar-refractivity contribution in [2.45, 2.75) is 96.3 Å². The second-order valence-electron chi connectivity index (χ2n) is 9.13. The van der Waals surface area contributed by atoms with Crippen molar-refractivity contribution in [2.75, 3.05) is 0 Å². The fourth-order valence-electron chi connectivity index (χ4n) is 5.36. The van der Waals surface area contributed by atoms with E-state index in [0.717, 1.165) is 24.0 Å². The van der Waals surface area contributed by atoms with Gasteiger partial charge >= 0.3 is 0 Å². The average molecular weight is 413 g/mol. The van der Waals surface area contributed by atoms with Crippen LogP contribution in [0, 0.1) is 22.7 Å². The van der Waals surface area contributed by atoms with Gasteiger partial charge < -0.3 is 0 Å². The second-order valence-corrected chi connectivity index (χ2v) is 9.13. The van der Waals surface area contributed by atoms with Crippen LogP contribution in [0.1, 0.15) is 100 Å². The molecule has 0 N–H and O–H groups in total. The Balaban J connectivity index is 2.10. The molecule has 2 aromatic rings. The van der Waals surface area contributed by atoms with Crippen LogP contribution in [0.4, 0.5) is 0 Å². The zero-order valence-electron chi connectivity index (χ0n) is 19.3. The van der Waals surface area contributed by atoms with Gasteiger partial charge in [-0.05, 0) is 46.2 Å². The molecule has 162 valence electrons. The fraction of sp³-hybridized carbons (Fsp3) is 0.517. The molecule has 0 radical (unpaired) electrons. The van der Waals surface area contributed by atoms with Crippen LogP contribution < -0.4 is 0 Å². The van der Waals surface area contributed by atoms with Gasteiger partial charge in [0.25, 0.3) is 0 Å². The SMILES string of the molecule is CCCCCCC1(CCCCCC)c2cc(CC#N)ccc2-c2ccc(CC#N)cc21. The molecule has 0 unspecified atom stereocenters. The van der Waals surface area contributed by atoms with E-state index in [1.165, 1.54) is 73.6 Å². The van der Waals surface area contributed by atoms with E-state index in [1.807, 2.05) is 0 Å². The minimum Gasteiger partial charge on any atom is -0.198 e. The van der Waals surface area contributed by atoms with Crippen molar-refractivity contribution in [3.8, 4) is 23.3 Å². The van der Waals surface area contributed by atoms with E-state index in [2.05, 4.69) is 62.4 Å². The summed E-state index contributed by atoms with van der Waals surface area (Å²) in [5.74, 6) is 0. The van der Waals surface area contributed by atoms with Gasteiger partial charge in [-0.15, -0.1) is 0 Å². The lowest BCUT2D eigenvalue weighted by Gasteiger charge is -2.33. The first-order valence-corrected chi connectivity index (χ1v) is 12.2. The first kappa shape index (κ1) is 23.1. The van der Waals surface area contributed by atoms with Gasteiger partial charge in [0.1, 0.15) is 0 Å². The fourth-order valence-corrected chi connectivity index (χ4v) is 5.36. The third kappa shape index (κ3) is 5.02. The predicted octanol–water partition coefficient (Wildman–Crippen LogP) is 8.03. The van der Waals surface area contributed by atoms with Crippen LogP contribution in [0.5, 0.6) is 0 Å². The Bertz CT molecular complexity index is 878. The van der Waals surface area contributed by atoms with Crippen molar-refractivity contribution in [3.63, 3.8) is 0 Å². The first-order chi connectivity index (χ1) is 15.2. The lowest BCUT2D eigenvalue weighted by atomic mass is 9.70. The molecule has 0 aromatic heterocycles. The van der Waals surface area contributed by atoms with Crippen LogP contribution in [0.3, 0.4) is 0 Å². The van der Waals surface area contributed by atoms with Gasteiger partial charge in [-0.1, -0.05) is 102 Å². The Morgan fingerprint density at radius 3 is 1.48 bits per heavy atom. The molecule has 0 spiro atoms. The van der Waals surface area contributed by atoms with Gasteiger partial charge in [-0.2, -0.15) is 10.5 Å². The summed E-state index contributed by atoms with van der Waals surface area (Å²) in [5.41, 5.74) is 7.80. The summed E-state index contributed by atoms with van der Waals surface area (Å²) in [6.45, 7) is 4.53. The van der Waals surface area contributed by atoms with Gasteiger partial charge in [0, 0.05) is 5.41 Å². The maximum Gasteiger partial charge on any atom is 0.0669 e. The van der Waals surface area contributed by atoms with Gasteiger partial charge in [-0.3, -0.25) is 0 Å². The Hall–Kier alpha value is -2.58. The van der Waals surface area contributed by atoms with E-state index in [4.69, 9.17) is 0 Å². The monoisotopic (exact) mass is 412 g/mol. The second kappa shape index (κ2) is 11.2. The number of unbranched alkanes of at least 4 members (excludes halogenated alkanes) is 6. The predicted molar refractivity (Wildman–Crippen MR) is 129 cm³/mol. The highest BCUT2D eigenvalue weighted by atomic mass is 14.4. The van der Waals surface area contributed by atoms with E-state index < -0.39 is 0 Å². The lowest BCUT2D eigenvalue weighted by Crippen LogP contribution is -2.26. The number of fused-ring (bicyclic) bond motifs is 3. The normalized spacial score (nSPS) is 13.3. The lowest BCUT2D eigenvalue weighted by molar-refractivity contribution is 0.400. The molecule has 1 aliphatic carbocycles. The summed E-state index contributed by atoms with van der Waals surface area (Å²) in [6, 6.07) is 18.0. The molecule has 2 aromatic carbocycles. The molecule has 31 heavy (non-hydrogen) atoms. The van der Waals surface area contributed by atoms with Crippen LogP contribution in [0.15, 0.2) is 36.4 Å². The summed E-state index contributed by atoms with van der Waals surface area (Å²) < 4.78 is 0. The summed E-state index contributed by atoms with van der Waals surface area (Å²) in [5, 5.41) is 18.6. The maximum absolute atomic E-state index is 9.29. The molecule has 0 heterocycles. The highest BCUT2D eigenvalue weighted by Gasteiger charge is 2.42. The van der Waals surface area contributed by atoms with Crippen molar-refractivity contribution in [3.05, 3.63) is 58.7 Å². The van der Waals surface area contributed by atoms with Gasteiger partial charge in [0.15, 0.2) is 0 Å². The molecule has 0 amide bonds. The molecule has 2 nitrogen and oxygen atoms in total. The van der Waals surface area contributed by atoms with Crippen molar-refractivity contribution in [2.24, 2.45) is 0 Å². The summed E-state index contributed by atoms with van der Waals surface area (Å²) in [7, 11) is 0. The molecule has 2 heteroatoms. The van der Waals surface area contributed by atoms with Crippen LogP contribution >= 0.6 is 0 Å². The summed E-state index contributed by atoms with van der Waals surface area (Å²) in [6.07, 6.45) is 13.3. The Morgan fingerprint density at radius 1 is 0.645 bits per heavy atom. The Kier molecular flexibility index (Phi) is 8.31. The molecular weight excluding hydrogens is 376 g/mol. The summed E-state index contributed by atoms with van der Waals surface area (Å²) in [4.78, 5) is 0. The summed E-state index contributed by atoms with van der Waals surface area (Å²) >= 11 is 0. The number of benzene rings is 2. The van der Waals surface area contributed by atoms with E-state index in [1.54, 1.807) is 0 Å². The molecule has 0 aliphatic heterocycles. The minimum atomic E-state index is 0.0169. The highest BCUT2D eigenvalue weighted by molar-refractivity contribution is 5.81. The van der Waals surface area contributed by atoms with Gasteiger partial charge in [0.05, 0.1) is 25.0 Å². The smallest absolute Gasteiger partial charge is 0.0669 e. The number of hydrogen-bond acceptors (Lipinski definition) is 2. The van der Waals surface area contributed by atoms with Crippen LogP contribution in [0.2, 0.25) is 0 Å². The molecule has 0 saturated heterocycles. The molecule has 0 fully saturated rings. The van der Waals surface area contributed by atoms with E-state index in [0.29, 0.717) is 12.8 Å². The highest BCUT2D eigenvalue weighted by Crippen LogP contribution is 2.54. The molecule has 0 saturated carbocycles. The number of hydrogen-bond donors (Lipinski definition) is 0. The molecular formula is C29H36N2. The van der Waals surface area contributed by atoms with Gasteiger partial charge in [-0.25, -0.2) is 0 Å². The number of nitrogens with zero attached hydrogens (tertiary/aromatic N) is 2. The van der Waals surface area contributed by atoms with E-state index in [9.17, 15) is 10.5 Å². The van der Waals surface area contributed by atoms with Crippen molar-refractivity contribution in [1.29, 1.82) is 10.5 Å². The zero-order valence-corrected chi connectivity index (χ0v) is 19.3. The first-order valence-electron chi connectivity index (χ1n) is 12.2. The number of rotatable bonds is 12. The van der Waals surface area contributed by atoms with Crippen molar-refractivity contribution in [1.82, 2.24) is 0 Å².